The van der Waals surface area contributed by atoms with E-state index in [4.69, 9.17) is 0 Å². The van der Waals surface area contributed by atoms with E-state index in [9.17, 15) is 5.11 Å². The average molecular weight is 156 g/mol. The van der Waals surface area contributed by atoms with Gasteiger partial charge in [0.05, 0.1) is 6.10 Å². The number of aliphatic hydroxyl groups excluding tert-OH is 1. The van der Waals surface area contributed by atoms with Crippen LogP contribution in [0.25, 0.3) is 0 Å². The number of hydrogen-bond acceptors (Lipinski definition) is 1. The molecule has 1 heteroatoms. The Kier molecular flexibility index (Phi) is 2.58. The standard InChI is InChI=1S/C10H20O/c1-8(2)4-5-9(11)10(3)6-7-10/h8-9,11H,4-7H2,1-3H3. The molecule has 0 bridgehead atoms. The Morgan fingerprint density at radius 1 is 1.27 bits per heavy atom. The SMILES string of the molecule is CC(C)CCC(O)C1(C)CC1. The Morgan fingerprint density at radius 2 is 1.82 bits per heavy atom. The van der Waals surface area contributed by atoms with Crippen molar-refractivity contribution in [2.75, 3.05) is 0 Å². The van der Waals surface area contributed by atoms with Crippen molar-refractivity contribution in [3.63, 3.8) is 0 Å². The Labute approximate surface area is 69.8 Å². The van der Waals surface area contributed by atoms with Crippen LogP contribution in [0.2, 0.25) is 0 Å². The molecule has 1 aliphatic carbocycles. The van der Waals surface area contributed by atoms with E-state index < -0.39 is 0 Å². The van der Waals surface area contributed by atoms with E-state index >= 15 is 0 Å². The lowest BCUT2D eigenvalue weighted by Gasteiger charge is -2.17. The summed E-state index contributed by atoms with van der Waals surface area (Å²) in [5.74, 6) is 0.729. The summed E-state index contributed by atoms with van der Waals surface area (Å²) < 4.78 is 0. The monoisotopic (exact) mass is 156 g/mol. The second-order valence-corrected chi connectivity index (χ2v) is 4.64. The maximum atomic E-state index is 9.70. The molecule has 1 unspecified atom stereocenters. The van der Waals surface area contributed by atoms with Crippen molar-refractivity contribution in [1.29, 1.82) is 0 Å². The summed E-state index contributed by atoms with van der Waals surface area (Å²) in [6.45, 7) is 6.61. The first-order chi connectivity index (χ1) is 5.04. The molecule has 1 N–H and O–H groups in total. The van der Waals surface area contributed by atoms with Gasteiger partial charge in [-0.25, -0.2) is 0 Å². The minimum Gasteiger partial charge on any atom is -0.393 e. The molecule has 66 valence electrons. The molecule has 1 rings (SSSR count). The van der Waals surface area contributed by atoms with E-state index in [1.807, 2.05) is 0 Å². The van der Waals surface area contributed by atoms with Crippen LogP contribution in [0, 0.1) is 11.3 Å². The van der Waals surface area contributed by atoms with E-state index in [2.05, 4.69) is 20.8 Å². The highest BCUT2D eigenvalue weighted by Crippen LogP contribution is 2.49. The predicted octanol–water partition coefficient (Wildman–Crippen LogP) is 2.58. The van der Waals surface area contributed by atoms with Crippen molar-refractivity contribution < 1.29 is 5.11 Å². The van der Waals surface area contributed by atoms with E-state index in [-0.39, 0.29) is 6.10 Å². The highest BCUT2D eigenvalue weighted by molar-refractivity contribution is 4.94. The summed E-state index contributed by atoms with van der Waals surface area (Å²) in [6, 6.07) is 0. The van der Waals surface area contributed by atoms with Gasteiger partial charge in [0, 0.05) is 0 Å². The van der Waals surface area contributed by atoms with Crippen LogP contribution in [0.5, 0.6) is 0 Å². The number of hydrogen-bond donors (Lipinski definition) is 1. The third-order valence-electron chi connectivity index (χ3n) is 2.86. The lowest BCUT2D eigenvalue weighted by molar-refractivity contribution is 0.0885. The van der Waals surface area contributed by atoms with Gasteiger partial charge in [0.2, 0.25) is 0 Å². The van der Waals surface area contributed by atoms with Gasteiger partial charge in [-0.05, 0) is 37.0 Å². The fourth-order valence-corrected chi connectivity index (χ4v) is 1.37. The lowest BCUT2D eigenvalue weighted by Crippen LogP contribution is -2.19. The predicted molar refractivity (Wildman–Crippen MR) is 47.4 cm³/mol. The molecule has 0 aromatic rings. The third-order valence-corrected chi connectivity index (χ3v) is 2.86. The molecule has 0 saturated heterocycles. The summed E-state index contributed by atoms with van der Waals surface area (Å²) in [5, 5.41) is 9.70. The second-order valence-electron chi connectivity index (χ2n) is 4.64. The largest absolute Gasteiger partial charge is 0.393 e. The van der Waals surface area contributed by atoms with Gasteiger partial charge in [-0.3, -0.25) is 0 Å². The minimum atomic E-state index is -0.0371. The molecule has 1 fully saturated rings. The van der Waals surface area contributed by atoms with Crippen LogP contribution in [0.4, 0.5) is 0 Å². The third kappa shape index (κ3) is 2.48. The van der Waals surface area contributed by atoms with Crippen molar-refractivity contribution in [2.45, 2.75) is 52.6 Å². The van der Waals surface area contributed by atoms with Crippen LogP contribution in [0.15, 0.2) is 0 Å². The van der Waals surface area contributed by atoms with Gasteiger partial charge in [-0.15, -0.1) is 0 Å². The quantitative estimate of drug-likeness (QED) is 0.663. The summed E-state index contributed by atoms with van der Waals surface area (Å²) in [7, 11) is 0. The van der Waals surface area contributed by atoms with Crippen LogP contribution in [0.3, 0.4) is 0 Å². The van der Waals surface area contributed by atoms with Gasteiger partial charge < -0.3 is 5.11 Å². The molecule has 1 nitrogen and oxygen atoms in total. The first-order valence-corrected chi connectivity index (χ1v) is 4.73. The van der Waals surface area contributed by atoms with Crippen LogP contribution < -0.4 is 0 Å². The van der Waals surface area contributed by atoms with Crippen LogP contribution in [0.1, 0.15) is 46.5 Å². The maximum Gasteiger partial charge on any atom is 0.0593 e. The molecule has 0 amide bonds. The molecule has 1 atom stereocenters. The minimum absolute atomic E-state index is 0.0371. The molecular weight excluding hydrogens is 136 g/mol. The van der Waals surface area contributed by atoms with Gasteiger partial charge >= 0.3 is 0 Å². The lowest BCUT2D eigenvalue weighted by atomic mass is 9.94. The van der Waals surface area contributed by atoms with Gasteiger partial charge in [0.15, 0.2) is 0 Å². The molecule has 11 heavy (non-hydrogen) atoms. The number of rotatable bonds is 4. The smallest absolute Gasteiger partial charge is 0.0593 e. The molecular formula is C10H20O. The van der Waals surface area contributed by atoms with Crippen LogP contribution in [-0.4, -0.2) is 11.2 Å². The second kappa shape index (κ2) is 3.14. The average Bonchev–Trinajstić information content (AvgIpc) is 2.64. The first-order valence-electron chi connectivity index (χ1n) is 4.73. The highest BCUT2D eigenvalue weighted by Gasteiger charge is 2.43. The molecule has 0 radical (unpaired) electrons. The fraction of sp³-hybridized carbons (Fsp3) is 1.00. The Hall–Kier alpha value is -0.0400. The topological polar surface area (TPSA) is 20.2 Å². The van der Waals surface area contributed by atoms with Crippen LogP contribution in [-0.2, 0) is 0 Å². The van der Waals surface area contributed by atoms with Crippen molar-refractivity contribution in [2.24, 2.45) is 11.3 Å². The molecule has 0 aliphatic heterocycles. The van der Waals surface area contributed by atoms with Crippen molar-refractivity contribution in [3.8, 4) is 0 Å². The molecule has 0 aromatic carbocycles. The van der Waals surface area contributed by atoms with Gasteiger partial charge in [0.25, 0.3) is 0 Å². The zero-order valence-corrected chi connectivity index (χ0v) is 7.93. The zero-order valence-electron chi connectivity index (χ0n) is 7.93. The van der Waals surface area contributed by atoms with Crippen LogP contribution >= 0.6 is 0 Å². The molecule has 0 spiro atoms. The molecule has 0 heterocycles. The van der Waals surface area contributed by atoms with E-state index in [1.54, 1.807) is 0 Å². The van der Waals surface area contributed by atoms with E-state index in [0.29, 0.717) is 5.41 Å². The summed E-state index contributed by atoms with van der Waals surface area (Å²) >= 11 is 0. The van der Waals surface area contributed by atoms with Gasteiger partial charge in [-0.1, -0.05) is 20.8 Å². The van der Waals surface area contributed by atoms with E-state index in [0.717, 1.165) is 18.8 Å². The Morgan fingerprint density at radius 3 is 2.18 bits per heavy atom. The first kappa shape index (κ1) is 9.05. The van der Waals surface area contributed by atoms with Gasteiger partial charge in [0.1, 0.15) is 0 Å². The summed E-state index contributed by atoms with van der Waals surface area (Å²) in [6.07, 6.45) is 4.58. The van der Waals surface area contributed by atoms with E-state index in [1.165, 1.54) is 12.8 Å². The van der Waals surface area contributed by atoms with Crippen molar-refractivity contribution in [3.05, 3.63) is 0 Å². The fourth-order valence-electron chi connectivity index (χ4n) is 1.37. The summed E-state index contributed by atoms with van der Waals surface area (Å²) in [4.78, 5) is 0. The number of aliphatic hydroxyl groups is 1. The Bertz CT molecular complexity index is 125. The summed E-state index contributed by atoms with van der Waals surface area (Å²) in [5.41, 5.74) is 0.300. The maximum absolute atomic E-state index is 9.70. The molecule has 1 saturated carbocycles. The molecule has 0 aromatic heterocycles. The highest BCUT2D eigenvalue weighted by atomic mass is 16.3. The van der Waals surface area contributed by atoms with Crippen molar-refractivity contribution in [1.82, 2.24) is 0 Å². The normalized spacial score (nSPS) is 23.7. The van der Waals surface area contributed by atoms with Crippen molar-refractivity contribution >= 4 is 0 Å². The Balaban J connectivity index is 2.16. The van der Waals surface area contributed by atoms with Gasteiger partial charge in [-0.2, -0.15) is 0 Å². The zero-order chi connectivity index (χ0) is 8.48. The molecule has 1 aliphatic rings.